The number of ether oxygens (including phenoxy) is 1. The average molecular weight is 424 g/mol. The number of carbonyl (C=O) groups excluding carboxylic acids is 1. The van der Waals surface area contributed by atoms with E-state index in [1.807, 2.05) is 13.0 Å². The molecule has 152 valence electrons. The van der Waals surface area contributed by atoms with Crippen LogP contribution in [0.1, 0.15) is 36.6 Å². The molecule has 2 aromatic rings. The molecule has 3 heterocycles. The zero-order valence-corrected chi connectivity index (χ0v) is 17.5. The van der Waals surface area contributed by atoms with Crippen LogP contribution in [0.2, 0.25) is 0 Å². The van der Waals surface area contributed by atoms with Gasteiger partial charge in [0.1, 0.15) is 4.21 Å². The third-order valence-corrected chi connectivity index (χ3v) is 7.94. The van der Waals surface area contributed by atoms with Crippen molar-refractivity contribution in [3.63, 3.8) is 0 Å². The lowest BCUT2D eigenvalue weighted by Gasteiger charge is -2.25. The van der Waals surface area contributed by atoms with Gasteiger partial charge in [-0.05, 0) is 38.0 Å². The van der Waals surface area contributed by atoms with Crippen LogP contribution in [-0.2, 0) is 27.8 Å². The number of hydrogen-bond donors (Lipinski definition) is 1. The lowest BCUT2D eigenvalue weighted by Crippen LogP contribution is -2.35. The van der Waals surface area contributed by atoms with E-state index in [2.05, 4.69) is 10.3 Å². The fourth-order valence-corrected chi connectivity index (χ4v) is 6.09. The quantitative estimate of drug-likeness (QED) is 0.705. The molecule has 0 radical (unpaired) electrons. The minimum absolute atomic E-state index is 0.143. The highest BCUT2D eigenvalue weighted by Crippen LogP contribution is 2.27. The highest BCUT2D eigenvalue weighted by Gasteiger charge is 2.27. The van der Waals surface area contributed by atoms with Crippen molar-refractivity contribution in [2.45, 2.75) is 43.4 Å². The number of thiophene rings is 1. The van der Waals surface area contributed by atoms with Gasteiger partial charge in [0, 0.05) is 36.3 Å². The maximum atomic E-state index is 12.7. The van der Waals surface area contributed by atoms with Gasteiger partial charge in [0.05, 0.1) is 13.0 Å². The number of amides is 1. The van der Waals surface area contributed by atoms with Crippen LogP contribution in [0, 0.1) is 0 Å². The fourth-order valence-electron chi connectivity index (χ4n) is 3.06. The second-order valence-corrected chi connectivity index (χ2v) is 9.87. The SMILES string of the molecule is CCOc1ncccc1CNC(=O)Cc1ccc(S(=O)(=O)N2CCCCC2)s1. The van der Waals surface area contributed by atoms with E-state index in [1.54, 1.807) is 28.7 Å². The molecule has 0 unspecified atom stereocenters. The molecule has 1 aliphatic heterocycles. The standard InChI is InChI=1S/C19H25N3O4S2/c1-2-26-19-15(7-6-10-20-19)14-21-17(23)13-16-8-9-18(27-16)28(24,25)22-11-4-3-5-12-22/h6-10H,2-5,11-14H2,1H3,(H,21,23). The molecule has 0 aromatic carbocycles. The smallest absolute Gasteiger partial charge is 0.252 e. The number of hydrogen-bond acceptors (Lipinski definition) is 6. The highest BCUT2D eigenvalue weighted by molar-refractivity contribution is 7.91. The van der Waals surface area contributed by atoms with Crippen molar-refractivity contribution in [2.24, 2.45) is 0 Å². The predicted octanol–water partition coefficient (Wildman–Crippen LogP) is 2.58. The third kappa shape index (κ3) is 5.09. The van der Waals surface area contributed by atoms with Gasteiger partial charge in [-0.3, -0.25) is 4.79 Å². The van der Waals surface area contributed by atoms with Gasteiger partial charge in [-0.15, -0.1) is 11.3 Å². The normalized spacial score (nSPS) is 15.3. The summed E-state index contributed by atoms with van der Waals surface area (Å²) >= 11 is 1.17. The molecule has 1 amide bonds. The monoisotopic (exact) mass is 423 g/mol. The van der Waals surface area contributed by atoms with Gasteiger partial charge in [0.25, 0.3) is 10.0 Å². The molecule has 9 heteroatoms. The molecule has 7 nitrogen and oxygen atoms in total. The first-order chi connectivity index (χ1) is 13.5. The van der Waals surface area contributed by atoms with Gasteiger partial charge in [-0.2, -0.15) is 4.31 Å². The number of carbonyl (C=O) groups is 1. The number of rotatable bonds is 8. The average Bonchev–Trinajstić information content (AvgIpc) is 3.17. The van der Waals surface area contributed by atoms with Crippen molar-refractivity contribution in [1.29, 1.82) is 0 Å². The van der Waals surface area contributed by atoms with Gasteiger partial charge in [-0.1, -0.05) is 12.5 Å². The van der Waals surface area contributed by atoms with E-state index >= 15 is 0 Å². The zero-order valence-electron chi connectivity index (χ0n) is 15.9. The Kier molecular flexibility index (Phi) is 7.03. The first-order valence-electron chi connectivity index (χ1n) is 9.43. The molecular formula is C19H25N3O4S2. The summed E-state index contributed by atoms with van der Waals surface area (Å²) in [4.78, 5) is 17.2. The molecule has 0 atom stereocenters. The first kappa shape index (κ1) is 20.8. The Morgan fingerprint density at radius 2 is 2.04 bits per heavy atom. The molecule has 1 saturated heterocycles. The summed E-state index contributed by atoms with van der Waals surface area (Å²) in [5.74, 6) is 0.339. The third-order valence-electron chi connectivity index (χ3n) is 4.49. The van der Waals surface area contributed by atoms with Crippen LogP contribution in [0.5, 0.6) is 5.88 Å². The Bertz CT molecular complexity index is 905. The molecule has 1 aliphatic rings. The molecule has 1 fully saturated rings. The van der Waals surface area contributed by atoms with Gasteiger partial charge >= 0.3 is 0 Å². The fraction of sp³-hybridized carbons (Fsp3) is 0.474. The molecule has 2 aromatic heterocycles. The summed E-state index contributed by atoms with van der Waals surface area (Å²) in [6.45, 7) is 3.84. The maximum Gasteiger partial charge on any atom is 0.252 e. The van der Waals surface area contributed by atoms with Crippen LogP contribution in [0.4, 0.5) is 0 Å². The molecule has 1 N–H and O–H groups in total. The highest BCUT2D eigenvalue weighted by atomic mass is 32.2. The van der Waals surface area contributed by atoms with E-state index in [-0.39, 0.29) is 12.3 Å². The Morgan fingerprint density at radius 3 is 2.79 bits per heavy atom. The van der Waals surface area contributed by atoms with Gasteiger partial charge in [0.15, 0.2) is 0 Å². The predicted molar refractivity (Wildman–Crippen MR) is 108 cm³/mol. The van der Waals surface area contributed by atoms with Crippen molar-refractivity contribution in [3.8, 4) is 5.88 Å². The second-order valence-electron chi connectivity index (χ2n) is 6.54. The van der Waals surface area contributed by atoms with Gasteiger partial charge in [-0.25, -0.2) is 13.4 Å². The van der Waals surface area contributed by atoms with Crippen molar-refractivity contribution >= 4 is 27.3 Å². The van der Waals surface area contributed by atoms with E-state index in [0.717, 1.165) is 29.7 Å². The largest absolute Gasteiger partial charge is 0.478 e. The Morgan fingerprint density at radius 1 is 1.25 bits per heavy atom. The lowest BCUT2D eigenvalue weighted by molar-refractivity contribution is -0.120. The second kappa shape index (κ2) is 9.49. The molecule has 0 spiro atoms. The van der Waals surface area contributed by atoms with E-state index < -0.39 is 10.0 Å². The van der Waals surface area contributed by atoms with Crippen LogP contribution in [0.15, 0.2) is 34.7 Å². The van der Waals surface area contributed by atoms with Crippen molar-refractivity contribution in [1.82, 2.24) is 14.6 Å². The maximum absolute atomic E-state index is 12.7. The minimum atomic E-state index is -3.45. The Balaban J connectivity index is 1.58. The number of piperidine rings is 1. The van der Waals surface area contributed by atoms with Crippen LogP contribution in [0.25, 0.3) is 0 Å². The Labute approximate surface area is 169 Å². The first-order valence-corrected chi connectivity index (χ1v) is 11.7. The zero-order chi connectivity index (χ0) is 20.0. The summed E-state index contributed by atoms with van der Waals surface area (Å²) in [7, 11) is -3.45. The Hall–Kier alpha value is -1.97. The van der Waals surface area contributed by atoms with Crippen LogP contribution in [0.3, 0.4) is 0 Å². The van der Waals surface area contributed by atoms with Crippen LogP contribution >= 0.6 is 11.3 Å². The van der Waals surface area contributed by atoms with Crippen LogP contribution in [-0.4, -0.2) is 43.3 Å². The number of nitrogens with zero attached hydrogens (tertiary/aromatic N) is 2. The molecule has 3 rings (SSSR count). The van der Waals surface area contributed by atoms with Gasteiger partial charge < -0.3 is 10.1 Å². The number of pyridine rings is 1. The summed E-state index contributed by atoms with van der Waals surface area (Å²) < 4.78 is 32.7. The van der Waals surface area contributed by atoms with E-state index in [9.17, 15) is 13.2 Å². The van der Waals surface area contributed by atoms with Gasteiger partial charge in [0.2, 0.25) is 11.8 Å². The molecule has 0 bridgehead atoms. The molecule has 0 aliphatic carbocycles. The summed E-state index contributed by atoms with van der Waals surface area (Å²) in [6.07, 6.45) is 4.66. The molecular weight excluding hydrogens is 398 g/mol. The number of nitrogens with one attached hydrogen (secondary N) is 1. The van der Waals surface area contributed by atoms with E-state index in [4.69, 9.17) is 4.74 Å². The number of sulfonamides is 1. The van der Waals surface area contributed by atoms with Crippen LogP contribution < -0.4 is 10.1 Å². The van der Waals surface area contributed by atoms with E-state index in [1.165, 1.54) is 11.3 Å². The van der Waals surface area contributed by atoms with Crippen molar-refractivity contribution < 1.29 is 17.9 Å². The molecule has 0 saturated carbocycles. The van der Waals surface area contributed by atoms with Crippen molar-refractivity contribution in [3.05, 3.63) is 40.9 Å². The molecule has 28 heavy (non-hydrogen) atoms. The van der Waals surface area contributed by atoms with E-state index in [0.29, 0.717) is 36.3 Å². The number of aromatic nitrogens is 1. The minimum Gasteiger partial charge on any atom is -0.478 e. The lowest BCUT2D eigenvalue weighted by atomic mass is 10.2. The van der Waals surface area contributed by atoms with Crippen molar-refractivity contribution in [2.75, 3.05) is 19.7 Å². The summed E-state index contributed by atoms with van der Waals surface area (Å²) in [5.41, 5.74) is 0.803. The topological polar surface area (TPSA) is 88.6 Å². The summed E-state index contributed by atoms with van der Waals surface area (Å²) in [5, 5.41) is 2.85. The summed E-state index contributed by atoms with van der Waals surface area (Å²) in [6, 6.07) is 6.97.